The van der Waals surface area contributed by atoms with Crippen molar-refractivity contribution in [1.82, 2.24) is 0 Å². The molecule has 1 amide bonds. The molecule has 0 aliphatic heterocycles. The number of amides is 1. The molecule has 1 aromatic rings. The molecule has 4 nitrogen and oxygen atoms in total. The minimum absolute atomic E-state index is 0.335. The predicted molar refractivity (Wildman–Crippen MR) is 77.9 cm³/mol. The van der Waals surface area contributed by atoms with E-state index in [1.54, 1.807) is 19.1 Å². The highest BCUT2D eigenvalue weighted by Gasteiger charge is 2.69. The van der Waals surface area contributed by atoms with E-state index in [9.17, 15) is 9.59 Å². The lowest BCUT2D eigenvalue weighted by molar-refractivity contribution is -0.152. The summed E-state index contributed by atoms with van der Waals surface area (Å²) in [7, 11) is 0. The van der Waals surface area contributed by atoms with Gasteiger partial charge in [-0.15, -0.1) is 23.2 Å². The zero-order valence-corrected chi connectivity index (χ0v) is 12.7. The molecule has 1 saturated carbocycles. The first kappa shape index (κ1) is 15.1. The normalized spacial score (nSPS) is 23.0. The number of hydrogen-bond donors (Lipinski definition) is 1. The lowest BCUT2D eigenvalue weighted by Gasteiger charge is -2.11. The standard InChI is InChI=1S/C14H15Cl2NO3/c1-9-3-5-10(6-4-9)17-11(18)7-20-12(19)13(2)8-14(13,15)16/h3-6H,7-8H2,1-2H3,(H,17,18)/t13-/m0/s1. The van der Waals surface area contributed by atoms with Gasteiger partial charge >= 0.3 is 5.97 Å². The first-order valence-corrected chi connectivity index (χ1v) is 6.92. The fraction of sp³-hybridized carbons (Fsp3) is 0.429. The van der Waals surface area contributed by atoms with Crippen molar-refractivity contribution in [3.63, 3.8) is 0 Å². The Morgan fingerprint density at radius 2 is 1.85 bits per heavy atom. The summed E-state index contributed by atoms with van der Waals surface area (Å²) in [6.07, 6.45) is 0.335. The molecule has 0 spiro atoms. The van der Waals surface area contributed by atoms with Crippen molar-refractivity contribution in [2.45, 2.75) is 24.6 Å². The van der Waals surface area contributed by atoms with Crippen LogP contribution in [-0.2, 0) is 14.3 Å². The Bertz CT molecular complexity index is 542. The van der Waals surface area contributed by atoms with Crippen LogP contribution in [0.15, 0.2) is 24.3 Å². The number of benzene rings is 1. The molecule has 0 bridgehead atoms. The largest absolute Gasteiger partial charge is 0.455 e. The summed E-state index contributed by atoms with van der Waals surface area (Å²) in [4.78, 5) is 23.4. The lowest BCUT2D eigenvalue weighted by Crippen LogP contribution is -2.26. The number of ether oxygens (including phenoxy) is 1. The van der Waals surface area contributed by atoms with Gasteiger partial charge in [0.05, 0.1) is 0 Å². The highest BCUT2D eigenvalue weighted by Crippen LogP contribution is 2.64. The number of halogens is 2. The summed E-state index contributed by atoms with van der Waals surface area (Å²) in [5.41, 5.74) is 0.829. The van der Waals surface area contributed by atoms with Crippen molar-refractivity contribution in [1.29, 1.82) is 0 Å². The number of carbonyl (C=O) groups excluding carboxylic acids is 2. The van der Waals surface area contributed by atoms with E-state index >= 15 is 0 Å². The molecule has 1 aliphatic carbocycles. The molecule has 1 aliphatic rings. The summed E-state index contributed by atoms with van der Waals surface area (Å²) in [6, 6.07) is 7.31. The third kappa shape index (κ3) is 3.07. The van der Waals surface area contributed by atoms with Gasteiger partial charge in [0.2, 0.25) is 0 Å². The van der Waals surface area contributed by atoms with Gasteiger partial charge < -0.3 is 10.1 Å². The second kappa shape index (κ2) is 5.26. The molecule has 20 heavy (non-hydrogen) atoms. The SMILES string of the molecule is Cc1ccc(NC(=O)COC(=O)[C@]2(C)CC2(Cl)Cl)cc1. The van der Waals surface area contributed by atoms with Gasteiger partial charge in [0.15, 0.2) is 6.61 Å². The third-order valence-electron chi connectivity index (χ3n) is 3.38. The Morgan fingerprint density at radius 1 is 1.30 bits per heavy atom. The van der Waals surface area contributed by atoms with Crippen LogP contribution in [0.4, 0.5) is 5.69 Å². The number of esters is 1. The quantitative estimate of drug-likeness (QED) is 0.686. The van der Waals surface area contributed by atoms with Gasteiger partial charge in [0.25, 0.3) is 5.91 Å². The summed E-state index contributed by atoms with van der Waals surface area (Å²) in [6.45, 7) is 3.22. The number of hydrogen-bond acceptors (Lipinski definition) is 3. The number of aryl methyl sites for hydroxylation is 1. The molecule has 0 heterocycles. The number of anilines is 1. The molecule has 2 rings (SSSR count). The first-order chi connectivity index (χ1) is 9.24. The highest BCUT2D eigenvalue weighted by molar-refractivity contribution is 6.53. The van der Waals surface area contributed by atoms with Gasteiger partial charge in [-0.2, -0.15) is 0 Å². The van der Waals surface area contributed by atoms with Crippen LogP contribution >= 0.6 is 23.2 Å². The first-order valence-electron chi connectivity index (χ1n) is 6.16. The third-order valence-corrected chi connectivity index (χ3v) is 4.48. The molecule has 0 aromatic heterocycles. The molecule has 1 fully saturated rings. The number of alkyl halides is 2. The van der Waals surface area contributed by atoms with Crippen molar-refractivity contribution in [2.24, 2.45) is 5.41 Å². The monoisotopic (exact) mass is 315 g/mol. The summed E-state index contributed by atoms with van der Waals surface area (Å²) in [5.74, 6) is -0.956. The number of rotatable bonds is 4. The molecule has 6 heteroatoms. The average molecular weight is 316 g/mol. The Kier molecular flexibility index (Phi) is 3.98. The van der Waals surface area contributed by atoms with Crippen molar-refractivity contribution < 1.29 is 14.3 Å². The fourth-order valence-corrected chi connectivity index (χ4v) is 2.43. The van der Waals surface area contributed by atoms with Crippen molar-refractivity contribution in [2.75, 3.05) is 11.9 Å². The van der Waals surface area contributed by atoms with Crippen molar-refractivity contribution >= 4 is 40.8 Å². The Balaban J connectivity index is 1.81. The van der Waals surface area contributed by atoms with E-state index in [0.29, 0.717) is 12.1 Å². The molecule has 0 unspecified atom stereocenters. The van der Waals surface area contributed by atoms with Gasteiger partial charge in [0.1, 0.15) is 9.75 Å². The molecule has 1 N–H and O–H groups in total. The van der Waals surface area contributed by atoms with Gasteiger partial charge in [-0.3, -0.25) is 9.59 Å². The van der Waals surface area contributed by atoms with Crippen LogP contribution in [0.2, 0.25) is 0 Å². The minimum atomic E-state index is -1.09. The average Bonchev–Trinajstić information content (AvgIpc) is 2.90. The van der Waals surface area contributed by atoms with Gasteiger partial charge in [0, 0.05) is 12.1 Å². The van der Waals surface area contributed by atoms with E-state index in [4.69, 9.17) is 27.9 Å². The van der Waals surface area contributed by atoms with Crippen LogP contribution in [0, 0.1) is 12.3 Å². The van der Waals surface area contributed by atoms with Crippen LogP contribution in [0.1, 0.15) is 18.9 Å². The van der Waals surface area contributed by atoms with E-state index in [1.165, 1.54) is 0 Å². The van der Waals surface area contributed by atoms with E-state index in [2.05, 4.69) is 5.32 Å². The van der Waals surface area contributed by atoms with Gasteiger partial charge in [-0.05, 0) is 26.0 Å². The summed E-state index contributed by atoms with van der Waals surface area (Å²) in [5, 5.41) is 2.63. The second-order valence-corrected chi connectivity index (χ2v) is 6.69. The van der Waals surface area contributed by atoms with Crippen LogP contribution in [0.5, 0.6) is 0 Å². The molecule has 0 saturated heterocycles. The Hall–Kier alpha value is -1.26. The Labute approximate surface area is 127 Å². The van der Waals surface area contributed by atoms with Crippen LogP contribution in [0.3, 0.4) is 0 Å². The Morgan fingerprint density at radius 3 is 2.35 bits per heavy atom. The maximum atomic E-state index is 11.8. The molecular formula is C14H15Cl2NO3. The zero-order valence-electron chi connectivity index (χ0n) is 11.2. The maximum absolute atomic E-state index is 11.8. The van der Waals surface area contributed by atoms with Crippen LogP contribution in [0.25, 0.3) is 0 Å². The van der Waals surface area contributed by atoms with E-state index in [0.717, 1.165) is 5.56 Å². The van der Waals surface area contributed by atoms with Crippen LogP contribution < -0.4 is 5.32 Å². The summed E-state index contributed by atoms with van der Waals surface area (Å²) >= 11 is 11.7. The second-order valence-electron chi connectivity index (χ2n) is 5.20. The smallest absolute Gasteiger partial charge is 0.315 e. The number of carbonyl (C=O) groups is 2. The summed E-state index contributed by atoms with van der Waals surface area (Å²) < 4.78 is 3.86. The van der Waals surface area contributed by atoms with Crippen molar-refractivity contribution in [3.8, 4) is 0 Å². The van der Waals surface area contributed by atoms with E-state index < -0.39 is 21.6 Å². The molecule has 1 atom stereocenters. The highest BCUT2D eigenvalue weighted by atomic mass is 35.5. The molecule has 0 radical (unpaired) electrons. The van der Waals surface area contributed by atoms with Crippen LogP contribution in [-0.4, -0.2) is 22.8 Å². The van der Waals surface area contributed by atoms with E-state index in [-0.39, 0.29) is 6.61 Å². The fourth-order valence-electron chi connectivity index (χ4n) is 1.75. The van der Waals surface area contributed by atoms with Gasteiger partial charge in [-0.25, -0.2) is 0 Å². The predicted octanol–water partition coefficient (Wildman–Crippen LogP) is 3.06. The minimum Gasteiger partial charge on any atom is -0.455 e. The van der Waals surface area contributed by atoms with E-state index in [1.807, 2.05) is 19.1 Å². The lowest BCUT2D eigenvalue weighted by atomic mass is 10.1. The molecule has 108 valence electrons. The van der Waals surface area contributed by atoms with Gasteiger partial charge in [-0.1, -0.05) is 17.7 Å². The topological polar surface area (TPSA) is 55.4 Å². The number of nitrogens with one attached hydrogen (secondary N) is 1. The maximum Gasteiger partial charge on any atom is 0.315 e. The zero-order chi connectivity index (χ0) is 15.0. The molecular weight excluding hydrogens is 301 g/mol. The van der Waals surface area contributed by atoms with Crippen molar-refractivity contribution in [3.05, 3.63) is 29.8 Å². The molecule has 1 aromatic carbocycles.